The van der Waals surface area contributed by atoms with E-state index in [1.165, 1.54) is 33.9 Å². The molecule has 0 N–H and O–H groups in total. The molecule has 3 aliphatic rings. The molecule has 2 aromatic rings. The lowest BCUT2D eigenvalue weighted by Gasteiger charge is -2.39. The van der Waals surface area contributed by atoms with Crippen LogP contribution in [0.5, 0.6) is 0 Å². The summed E-state index contributed by atoms with van der Waals surface area (Å²) in [6, 6.07) is 11.5. The highest BCUT2D eigenvalue weighted by atomic mass is 16.1. The third-order valence-corrected chi connectivity index (χ3v) is 6.79. The fraction of sp³-hybridized carbons (Fsp3) is 0.435. The zero-order valence-electron chi connectivity index (χ0n) is 14.6. The van der Waals surface area contributed by atoms with Gasteiger partial charge in [-0.15, -0.1) is 0 Å². The second kappa shape index (κ2) is 4.81. The molecule has 0 heterocycles. The summed E-state index contributed by atoms with van der Waals surface area (Å²) in [5.41, 5.74) is 5.55. The molecule has 5 rings (SSSR count). The third kappa shape index (κ3) is 1.90. The van der Waals surface area contributed by atoms with E-state index in [4.69, 9.17) is 0 Å². The van der Waals surface area contributed by atoms with Gasteiger partial charge >= 0.3 is 0 Å². The predicted octanol–water partition coefficient (Wildman–Crippen LogP) is 5.36. The summed E-state index contributed by atoms with van der Waals surface area (Å²) in [5, 5.41) is 2.62. The van der Waals surface area contributed by atoms with Gasteiger partial charge in [0.2, 0.25) is 0 Å². The van der Waals surface area contributed by atoms with Gasteiger partial charge in [-0.25, -0.2) is 0 Å². The molecule has 2 bridgehead atoms. The van der Waals surface area contributed by atoms with E-state index < -0.39 is 0 Å². The van der Waals surface area contributed by atoms with Gasteiger partial charge < -0.3 is 0 Å². The minimum Gasteiger partial charge on any atom is -0.299 e. The van der Waals surface area contributed by atoms with Crippen LogP contribution in [0, 0.1) is 11.3 Å². The number of carbonyl (C=O) groups is 1. The van der Waals surface area contributed by atoms with Crippen LogP contribution < -0.4 is 0 Å². The number of carbonyl (C=O) groups excluding carboxylic acids is 1. The molecule has 1 nitrogen and oxygen atoms in total. The molecule has 1 spiro atoms. The van der Waals surface area contributed by atoms with Crippen molar-refractivity contribution in [3.8, 4) is 0 Å². The van der Waals surface area contributed by atoms with Crippen molar-refractivity contribution in [2.24, 2.45) is 11.3 Å². The van der Waals surface area contributed by atoms with Crippen LogP contribution in [0.1, 0.15) is 55.7 Å². The Morgan fingerprint density at radius 3 is 2.58 bits per heavy atom. The van der Waals surface area contributed by atoms with Crippen molar-refractivity contribution < 1.29 is 4.79 Å². The number of benzene rings is 2. The van der Waals surface area contributed by atoms with Crippen LogP contribution in [0.4, 0.5) is 0 Å². The van der Waals surface area contributed by atoms with Crippen LogP contribution in [0.25, 0.3) is 10.8 Å². The number of hydrogen-bond acceptors (Lipinski definition) is 1. The molecule has 2 unspecified atom stereocenters. The summed E-state index contributed by atoms with van der Waals surface area (Å²) in [5.74, 6) is 1.62. The summed E-state index contributed by atoms with van der Waals surface area (Å²) >= 11 is 0. The Morgan fingerprint density at radius 1 is 1.04 bits per heavy atom. The minimum atomic E-state index is -0.0668. The first kappa shape index (κ1) is 14.5. The van der Waals surface area contributed by atoms with Crippen molar-refractivity contribution in [3.63, 3.8) is 0 Å². The molecule has 0 aromatic heterocycles. The smallest absolute Gasteiger partial charge is 0.144 e. The van der Waals surface area contributed by atoms with Crippen molar-refractivity contribution in [1.82, 2.24) is 0 Å². The Kier molecular flexibility index (Phi) is 2.90. The number of Topliss-reactive ketones (excluding diaryl/α,β-unsaturated/α-hetero) is 1. The molecule has 3 aliphatic carbocycles. The van der Waals surface area contributed by atoms with Crippen LogP contribution in [-0.2, 0) is 17.6 Å². The average molecular weight is 316 g/mol. The Bertz CT molecular complexity index is 902. The quantitative estimate of drug-likeness (QED) is 0.647. The fourth-order valence-electron chi connectivity index (χ4n) is 5.33. The molecule has 0 radical (unpaired) electrons. The summed E-state index contributed by atoms with van der Waals surface area (Å²) in [4.78, 5) is 13.1. The fourth-order valence-corrected chi connectivity index (χ4v) is 5.33. The Hall–Kier alpha value is -1.89. The van der Waals surface area contributed by atoms with Gasteiger partial charge in [0.15, 0.2) is 0 Å². The minimum absolute atomic E-state index is 0.0668. The van der Waals surface area contributed by atoms with Crippen LogP contribution in [0.3, 0.4) is 0 Å². The van der Waals surface area contributed by atoms with Crippen LogP contribution >= 0.6 is 0 Å². The van der Waals surface area contributed by atoms with Gasteiger partial charge in [-0.05, 0) is 65.0 Å². The largest absolute Gasteiger partial charge is 0.299 e. The van der Waals surface area contributed by atoms with Crippen LogP contribution in [0.2, 0.25) is 0 Å². The van der Waals surface area contributed by atoms with Crippen molar-refractivity contribution >= 4 is 16.6 Å². The van der Waals surface area contributed by atoms with Gasteiger partial charge in [0, 0.05) is 11.8 Å². The number of fused-ring (bicyclic) bond motifs is 5. The molecule has 1 heteroatoms. The van der Waals surface area contributed by atoms with Crippen LogP contribution in [-0.4, -0.2) is 5.78 Å². The van der Waals surface area contributed by atoms with E-state index in [-0.39, 0.29) is 5.41 Å². The predicted molar refractivity (Wildman–Crippen MR) is 98.3 cm³/mol. The van der Waals surface area contributed by atoms with Crippen LogP contribution in [0.15, 0.2) is 42.0 Å². The monoisotopic (exact) mass is 316 g/mol. The zero-order valence-corrected chi connectivity index (χ0v) is 14.6. The highest BCUT2D eigenvalue weighted by Gasteiger charge is 2.53. The summed E-state index contributed by atoms with van der Waals surface area (Å²) in [6.45, 7) is 4.47. The number of ketones is 1. The Morgan fingerprint density at radius 2 is 1.88 bits per heavy atom. The topological polar surface area (TPSA) is 17.1 Å². The summed E-state index contributed by atoms with van der Waals surface area (Å²) in [7, 11) is 0. The Labute approximate surface area is 143 Å². The maximum Gasteiger partial charge on any atom is 0.144 e. The van der Waals surface area contributed by atoms with Crippen molar-refractivity contribution in [1.29, 1.82) is 0 Å². The normalized spacial score (nSPS) is 28.0. The second-order valence-corrected chi connectivity index (χ2v) is 8.49. The molecule has 24 heavy (non-hydrogen) atoms. The van der Waals surface area contributed by atoms with Gasteiger partial charge in [0.1, 0.15) is 5.78 Å². The number of rotatable bonds is 1. The molecular weight excluding hydrogens is 292 g/mol. The van der Waals surface area contributed by atoms with Gasteiger partial charge in [-0.2, -0.15) is 0 Å². The van der Waals surface area contributed by atoms with E-state index in [9.17, 15) is 4.79 Å². The highest BCUT2D eigenvalue weighted by Crippen LogP contribution is 2.57. The van der Waals surface area contributed by atoms with E-state index in [2.05, 4.69) is 50.3 Å². The second-order valence-electron chi connectivity index (χ2n) is 8.49. The molecular formula is C23H24O. The molecule has 2 atom stereocenters. The molecule has 1 saturated carbocycles. The van der Waals surface area contributed by atoms with E-state index in [1.54, 1.807) is 5.57 Å². The van der Waals surface area contributed by atoms with Crippen molar-refractivity contribution in [2.45, 2.75) is 51.9 Å². The van der Waals surface area contributed by atoms with E-state index in [0.717, 1.165) is 19.3 Å². The highest BCUT2D eigenvalue weighted by molar-refractivity contribution is 5.93. The molecule has 0 saturated heterocycles. The molecule has 0 amide bonds. The summed E-state index contributed by atoms with van der Waals surface area (Å²) in [6.07, 6.45) is 7.31. The Balaban J connectivity index is 1.60. The van der Waals surface area contributed by atoms with Gasteiger partial charge in [0.05, 0.1) is 0 Å². The summed E-state index contributed by atoms with van der Waals surface area (Å²) < 4.78 is 0. The molecule has 0 aliphatic heterocycles. The van der Waals surface area contributed by atoms with E-state index >= 15 is 0 Å². The number of allylic oxidation sites excluding steroid dienone is 2. The lowest BCUT2D eigenvalue weighted by Crippen LogP contribution is -2.42. The average Bonchev–Trinajstić information content (AvgIpc) is 3.15. The van der Waals surface area contributed by atoms with Gasteiger partial charge in [0.25, 0.3) is 0 Å². The standard InChI is InChI=1S/C23H24O/c1-14(2)16-4-5-17-9-20-13-23(12-15-3-6-21(23)7-15)22(24)11-19(20)10-18(17)8-16/h3-5,8-10,14,21H,6-7,11-13H2,1-2H3. The van der Waals surface area contributed by atoms with E-state index in [1.807, 2.05) is 0 Å². The van der Waals surface area contributed by atoms with E-state index in [0.29, 0.717) is 24.0 Å². The lowest BCUT2D eigenvalue weighted by atomic mass is 9.63. The maximum absolute atomic E-state index is 13.1. The maximum atomic E-state index is 13.1. The van der Waals surface area contributed by atoms with Gasteiger partial charge in [-0.3, -0.25) is 4.79 Å². The first-order chi connectivity index (χ1) is 11.5. The molecule has 1 fully saturated rings. The molecule has 122 valence electrons. The molecule has 2 aromatic carbocycles. The van der Waals surface area contributed by atoms with Gasteiger partial charge in [-0.1, -0.05) is 55.8 Å². The first-order valence-corrected chi connectivity index (χ1v) is 9.32. The third-order valence-electron chi connectivity index (χ3n) is 6.79. The van der Waals surface area contributed by atoms with Crippen molar-refractivity contribution in [2.75, 3.05) is 0 Å². The van der Waals surface area contributed by atoms with Crippen molar-refractivity contribution in [3.05, 3.63) is 58.7 Å². The zero-order chi connectivity index (χ0) is 16.5. The SMILES string of the molecule is CC(C)c1ccc2cc3c(cc2c1)CC(=O)C1(CC2=CCC1C2)C3. The first-order valence-electron chi connectivity index (χ1n) is 9.32. The lowest BCUT2D eigenvalue weighted by molar-refractivity contribution is -0.131. The number of hydrogen-bond donors (Lipinski definition) is 0.